The Morgan fingerprint density at radius 1 is 1.50 bits per heavy atom. The molecule has 0 aliphatic carbocycles. The van der Waals surface area contributed by atoms with Gasteiger partial charge in [0.05, 0.1) is 6.61 Å². The standard InChI is InChI=1S/C3H5NO2.C3H6O/c1-2-3-6-4-5;1-2-3-4/h2H,1,3H2;2,4H,1,3H2. The second kappa shape index (κ2) is 15.7. The molecular weight excluding hydrogens is 134 g/mol. The molecule has 0 rings (SSSR count). The minimum absolute atomic E-state index is 0.0833. The molecule has 0 radical (unpaired) electrons. The van der Waals surface area contributed by atoms with Crippen LogP contribution >= 0.6 is 0 Å². The zero-order valence-electron chi connectivity index (χ0n) is 5.69. The van der Waals surface area contributed by atoms with Crippen molar-refractivity contribution in [1.82, 2.24) is 0 Å². The van der Waals surface area contributed by atoms with Gasteiger partial charge in [0, 0.05) is 0 Å². The van der Waals surface area contributed by atoms with E-state index in [1.54, 1.807) is 0 Å². The second-order valence-electron chi connectivity index (χ2n) is 1.13. The third kappa shape index (κ3) is 28.9. The first kappa shape index (κ1) is 11.6. The molecule has 0 amide bonds. The Bertz CT molecular complexity index is 85.0. The van der Waals surface area contributed by atoms with Gasteiger partial charge in [-0.05, 0) is 0 Å². The van der Waals surface area contributed by atoms with Crippen LogP contribution in [0.2, 0.25) is 0 Å². The highest BCUT2D eigenvalue weighted by molar-refractivity contribution is 4.62. The molecule has 0 saturated carbocycles. The number of nitrogens with zero attached hydrogens (tertiary/aromatic N) is 1. The van der Waals surface area contributed by atoms with Crippen molar-refractivity contribution in [1.29, 1.82) is 0 Å². The highest BCUT2D eigenvalue weighted by Gasteiger charge is 1.67. The molecule has 0 aromatic carbocycles. The van der Waals surface area contributed by atoms with Crippen molar-refractivity contribution in [2.24, 2.45) is 5.34 Å². The van der Waals surface area contributed by atoms with Crippen LogP contribution in [-0.2, 0) is 4.84 Å². The largest absolute Gasteiger partial charge is 0.392 e. The van der Waals surface area contributed by atoms with Crippen molar-refractivity contribution in [3.8, 4) is 0 Å². The van der Waals surface area contributed by atoms with E-state index in [9.17, 15) is 0 Å². The maximum absolute atomic E-state index is 9.04. The van der Waals surface area contributed by atoms with Gasteiger partial charge >= 0.3 is 0 Å². The minimum atomic E-state index is 0.0833. The van der Waals surface area contributed by atoms with Crippen molar-refractivity contribution < 1.29 is 9.94 Å². The monoisotopic (exact) mass is 145 g/mol. The topological polar surface area (TPSA) is 58.9 Å². The van der Waals surface area contributed by atoms with Crippen molar-refractivity contribution in [3.63, 3.8) is 0 Å². The molecule has 0 saturated heterocycles. The summed E-state index contributed by atoms with van der Waals surface area (Å²) in [6.45, 7) is 6.78. The van der Waals surface area contributed by atoms with Crippen molar-refractivity contribution in [3.05, 3.63) is 30.2 Å². The lowest BCUT2D eigenvalue weighted by molar-refractivity contribution is 0.170. The molecule has 0 unspecified atom stereocenters. The number of hydrogen-bond donors (Lipinski definition) is 1. The Morgan fingerprint density at radius 3 is 2.10 bits per heavy atom. The first-order chi connectivity index (χ1) is 4.83. The van der Waals surface area contributed by atoms with Crippen molar-refractivity contribution >= 4 is 0 Å². The van der Waals surface area contributed by atoms with E-state index in [0.717, 1.165) is 0 Å². The summed E-state index contributed by atoms with van der Waals surface area (Å²) in [4.78, 5) is 13.0. The fourth-order valence-corrected chi connectivity index (χ4v) is 0.0831. The Hall–Kier alpha value is -1.16. The Balaban J connectivity index is 0. The maximum atomic E-state index is 9.04. The lowest BCUT2D eigenvalue weighted by Crippen LogP contribution is -1.75. The van der Waals surface area contributed by atoms with Gasteiger partial charge in [-0.25, -0.2) is 0 Å². The average Bonchev–Trinajstić information content (AvgIpc) is 2.01. The summed E-state index contributed by atoms with van der Waals surface area (Å²) < 4.78 is 0. The fourth-order valence-electron chi connectivity index (χ4n) is 0.0831. The summed E-state index contributed by atoms with van der Waals surface area (Å²) >= 11 is 0. The van der Waals surface area contributed by atoms with Crippen LogP contribution in [0, 0.1) is 4.91 Å². The quantitative estimate of drug-likeness (QED) is 0.278. The molecule has 0 aliphatic rings. The molecule has 0 heterocycles. The van der Waals surface area contributed by atoms with E-state index in [1.165, 1.54) is 12.2 Å². The molecule has 0 aliphatic heterocycles. The summed E-state index contributed by atoms with van der Waals surface area (Å²) in [5.41, 5.74) is 0. The highest BCUT2D eigenvalue weighted by Crippen LogP contribution is 1.70. The van der Waals surface area contributed by atoms with Crippen LogP contribution < -0.4 is 0 Å². The summed E-state index contributed by atoms with van der Waals surface area (Å²) in [7, 11) is 0. The fraction of sp³-hybridized carbons (Fsp3) is 0.333. The van der Waals surface area contributed by atoms with Crippen LogP contribution in [0.15, 0.2) is 30.7 Å². The number of aliphatic hydroxyl groups excluding tert-OH is 1. The SMILES string of the molecule is C=CCO.C=CCON=O. The molecule has 4 heteroatoms. The van der Waals surface area contributed by atoms with Gasteiger partial charge in [-0.3, -0.25) is 0 Å². The normalized spacial score (nSPS) is 6.50. The van der Waals surface area contributed by atoms with Crippen molar-refractivity contribution in [2.75, 3.05) is 13.2 Å². The third-order valence-corrected chi connectivity index (χ3v) is 0.374. The maximum Gasteiger partial charge on any atom is 0.155 e. The third-order valence-electron chi connectivity index (χ3n) is 0.374. The zero-order chi connectivity index (χ0) is 8.24. The first-order valence-corrected chi connectivity index (χ1v) is 2.60. The van der Waals surface area contributed by atoms with Crippen LogP contribution in [0.1, 0.15) is 0 Å². The van der Waals surface area contributed by atoms with E-state index in [2.05, 4.69) is 23.3 Å². The van der Waals surface area contributed by atoms with Gasteiger partial charge < -0.3 is 9.94 Å². The lowest BCUT2D eigenvalue weighted by Gasteiger charge is -1.78. The Kier molecular flexibility index (Phi) is 18.2. The van der Waals surface area contributed by atoms with Crippen LogP contribution in [0.4, 0.5) is 0 Å². The lowest BCUT2D eigenvalue weighted by atomic mass is 10.7. The molecule has 0 fully saturated rings. The van der Waals surface area contributed by atoms with E-state index in [0.29, 0.717) is 0 Å². The van der Waals surface area contributed by atoms with Gasteiger partial charge in [0.25, 0.3) is 0 Å². The minimum Gasteiger partial charge on any atom is -0.392 e. The second-order valence-corrected chi connectivity index (χ2v) is 1.13. The Labute approximate surface area is 59.7 Å². The van der Waals surface area contributed by atoms with Crippen LogP contribution in [0.25, 0.3) is 0 Å². The molecule has 10 heavy (non-hydrogen) atoms. The molecule has 1 N–H and O–H groups in total. The average molecular weight is 145 g/mol. The molecule has 0 spiro atoms. The van der Waals surface area contributed by atoms with E-state index < -0.39 is 0 Å². The predicted octanol–water partition coefficient (Wildman–Crippen LogP) is 1.04. The van der Waals surface area contributed by atoms with Gasteiger partial charge in [-0.2, -0.15) is 0 Å². The first-order valence-electron chi connectivity index (χ1n) is 2.60. The van der Waals surface area contributed by atoms with Crippen molar-refractivity contribution in [2.45, 2.75) is 0 Å². The summed E-state index contributed by atoms with van der Waals surface area (Å²) in [6, 6.07) is 0. The summed E-state index contributed by atoms with van der Waals surface area (Å²) in [5, 5.41) is 9.86. The molecule has 0 bridgehead atoms. The highest BCUT2D eigenvalue weighted by atomic mass is 16.7. The molecule has 0 atom stereocenters. The smallest absolute Gasteiger partial charge is 0.155 e. The van der Waals surface area contributed by atoms with Gasteiger partial charge in [-0.1, -0.05) is 18.7 Å². The predicted molar refractivity (Wildman–Crippen MR) is 39.2 cm³/mol. The van der Waals surface area contributed by atoms with Crippen LogP contribution in [-0.4, -0.2) is 18.3 Å². The molecule has 0 aromatic heterocycles. The molecule has 0 aromatic rings. The van der Waals surface area contributed by atoms with Crippen LogP contribution in [0.3, 0.4) is 0 Å². The summed E-state index contributed by atoms with van der Waals surface area (Å²) in [6.07, 6.45) is 2.88. The van der Waals surface area contributed by atoms with E-state index in [1.807, 2.05) is 0 Å². The number of aliphatic hydroxyl groups is 1. The molecule has 58 valence electrons. The molecular formula is C6H11NO3. The van der Waals surface area contributed by atoms with Crippen LogP contribution in [0.5, 0.6) is 0 Å². The van der Waals surface area contributed by atoms with E-state index >= 15 is 0 Å². The van der Waals surface area contributed by atoms with Gasteiger partial charge in [0.1, 0.15) is 6.61 Å². The van der Waals surface area contributed by atoms with Gasteiger partial charge in [0.15, 0.2) is 5.34 Å². The Morgan fingerprint density at radius 2 is 2.00 bits per heavy atom. The number of rotatable bonds is 4. The zero-order valence-corrected chi connectivity index (χ0v) is 5.69. The van der Waals surface area contributed by atoms with Gasteiger partial charge in [-0.15, -0.1) is 11.5 Å². The molecule has 4 nitrogen and oxygen atoms in total. The van der Waals surface area contributed by atoms with E-state index in [4.69, 9.17) is 10.0 Å². The summed E-state index contributed by atoms with van der Waals surface area (Å²) in [5.74, 6) is 0. The number of hydrogen-bond acceptors (Lipinski definition) is 4. The van der Waals surface area contributed by atoms with E-state index in [-0.39, 0.29) is 13.2 Å². The van der Waals surface area contributed by atoms with Gasteiger partial charge in [0.2, 0.25) is 0 Å².